The van der Waals surface area contributed by atoms with Gasteiger partial charge in [-0.15, -0.1) is 0 Å². The zero-order chi connectivity index (χ0) is 51.0. The van der Waals surface area contributed by atoms with E-state index < -0.39 is 59.8 Å². The molecule has 13 heteroatoms. The van der Waals surface area contributed by atoms with Crippen LogP contribution in [0.3, 0.4) is 0 Å². The van der Waals surface area contributed by atoms with E-state index in [9.17, 15) is 33.1 Å². The van der Waals surface area contributed by atoms with E-state index in [1.54, 1.807) is 0 Å². The molecule has 1 heterocycles. The third-order valence-electron chi connectivity index (χ3n) is 12.7. The molecule has 6 unspecified atom stereocenters. The molecule has 0 saturated carbocycles. The highest BCUT2D eigenvalue weighted by Crippen LogP contribution is 2.26. The lowest BCUT2D eigenvalue weighted by Gasteiger charge is -2.41. The number of ether oxygens (including phenoxy) is 4. The summed E-state index contributed by atoms with van der Waals surface area (Å²) in [6, 6.07) is 0. The van der Waals surface area contributed by atoms with Gasteiger partial charge in [-0.25, -0.2) is 4.18 Å². The van der Waals surface area contributed by atoms with Crippen LogP contribution in [0, 0.1) is 0 Å². The van der Waals surface area contributed by atoms with E-state index in [1.165, 1.54) is 122 Å². The first-order valence-electron chi connectivity index (χ1n) is 28.0. The van der Waals surface area contributed by atoms with E-state index in [1.807, 2.05) is 0 Å². The molecule has 1 rings (SSSR count). The molecule has 408 valence electrons. The molecule has 12 nitrogen and oxygen atoms in total. The largest absolute Gasteiger partial charge is 0.457 e. The van der Waals surface area contributed by atoms with Crippen molar-refractivity contribution in [1.29, 1.82) is 0 Å². The number of rotatable bonds is 49. The minimum atomic E-state index is -5.07. The summed E-state index contributed by atoms with van der Waals surface area (Å²) < 4.78 is 59.4. The van der Waals surface area contributed by atoms with Crippen LogP contribution < -0.4 is 0 Å². The summed E-state index contributed by atoms with van der Waals surface area (Å²) in [5, 5.41) is 30.8. The second kappa shape index (κ2) is 47.8. The van der Waals surface area contributed by atoms with E-state index in [4.69, 9.17) is 18.9 Å². The normalized spacial score (nSPS) is 19.5. The Morgan fingerprint density at radius 1 is 0.557 bits per heavy atom. The number of esters is 1. The van der Waals surface area contributed by atoms with Crippen LogP contribution >= 0.6 is 0 Å². The van der Waals surface area contributed by atoms with Gasteiger partial charge in [-0.1, -0.05) is 229 Å². The second-order valence-corrected chi connectivity index (χ2v) is 20.2. The Morgan fingerprint density at radius 3 is 1.44 bits per heavy atom. The average Bonchev–Trinajstić information content (AvgIpc) is 3.34. The van der Waals surface area contributed by atoms with Crippen LogP contribution in [0.15, 0.2) is 60.8 Å². The number of hydrogen-bond acceptors (Lipinski definition) is 11. The van der Waals surface area contributed by atoms with Gasteiger partial charge in [-0.2, -0.15) is 8.42 Å². The molecule has 1 aliphatic rings. The van der Waals surface area contributed by atoms with Gasteiger partial charge in [-0.3, -0.25) is 9.35 Å². The van der Waals surface area contributed by atoms with E-state index in [-0.39, 0.29) is 19.6 Å². The van der Waals surface area contributed by atoms with Crippen molar-refractivity contribution in [1.82, 2.24) is 0 Å². The number of hydrogen-bond donors (Lipinski definition) is 4. The van der Waals surface area contributed by atoms with Gasteiger partial charge in [0.15, 0.2) is 6.29 Å². The van der Waals surface area contributed by atoms with Crippen molar-refractivity contribution in [2.45, 2.75) is 269 Å². The number of allylic oxidation sites excluding steroid dienone is 10. The Kier molecular flexibility index (Phi) is 44.9. The molecular weight excluding hydrogens is 909 g/mol. The quantitative estimate of drug-likeness (QED) is 0.0196. The van der Waals surface area contributed by atoms with Gasteiger partial charge < -0.3 is 34.3 Å². The van der Waals surface area contributed by atoms with Crippen LogP contribution in [-0.4, -0.2) is 97.5 Å². The van der Waals surface area contributed by atoms with E-state index in [2.05, 4.69) is 78.8 Å². The van der Waals surface area contributed by atoms with Crippen molar-refractivity contribution in [3.63, 3.8) is 0 Å². The molecule has 0 radical (unpaired) electrons. The van der Waals surface area contributed by atoms with Crippen molar-refractivity contribution < 1.29 is 56.2 Å². The molecule has 1 saturated heterocycles. The number of aliphatic hydroxyl groups is 3. The first kappa shape index (κ1) is 65.8. The highest BCUT2D eigenvalue weighted by molar-refractivity contribution is 7.80. The maximum atomic E-state index is 12.9. The number of carbonyl (C=O) groups excluding carboxylic acids is 1. The first-order chi connectivity index (χ1) is 34.1. The Hall–Kier alpha value is -2.20. The molecule has 0 aromatic carbocycles. The van der Waals surface area contributed by atoms with Crippen LogP contribution in [0.25, 0.3) is 0 Å². The van der Waals surface area contributed by atoms with Crippen molar-refractivity contribution in [2.24, 2.45) is 0 Å². The minimum absolute atomic E-state index is 0.0320. The minimum Gasteiger partial charge on any atom is -0.457 e. The lowest BCUT2D eigenvalue weighted by Crippen LogP contribution is -2.60. The maximum absolute atomic E-state index is 12.9. The summed E-state index contributed by atoms with van der Waals surface area (Å²) in [6.45, 7) is 3.90. The summed E-state index contributed by atoms with van der Waals surface area (Å²) in [5.74, 6) is -0.408. The fraction of sp³-hybridized carbons (Fsp3) is 0.807. The Balaban J connectivity index is 2.33. The molecule has 0 amide bonds. The lowest BCUT2D eigenvalue weighted by molar-refractivity contribution is -0.301. The van der Waals surface area contributed by atoms with Gasteiger partial charge in [0, 0.05) is 13.0 Å². The van der Waals surface area contributed by atoms with Crippen LogP contribution in [0.2, 0.25) is 0 Å². The smallest absolute Gasteiger partial charge is 0.397 e. The molecule has 6 atom stereocenters. The van der Waals surface area contributed by atoms with Crippen LogP contribution in [0.1, 0.15) is 232 Å². The molecule has 1 aliphatic heterocycles. The number of aliphatic hydroxyl groups excluding tert-OH is 3. The van der Waals surface area contributed by atoms with Crippen LogP contribution in [0.4, 0.5) is 0 Å². The summed E-state index contributed by atoms with van der Waals surface area (Å²) in [5.41, 5.74) is 0. The monoisotopic (exact) mass is 1010 g/mol. The third-order valence-corrected chi connectivity index (χ3v) is 13.1. The Morgan fingerprint density at radius 2 is 0.986 bits per heavy atom. The summed E-state index contributed by atoms with van der Waals surface area (Å²) in [7, 11) is -5.07. The number of carbonyl (C=O) groups is 1. The van der Waals surface area contributed by atoms with Gasteiger partial charge >= 0.3 is 16.4 Å². The molecule has 0 aromatic rings. The molecule has 0 bridgehead atoms. The van der Waals surface area contributed by atoms with Gasteiger partial charge in [0.2, 0.25) is 0 Å². The lowest BCUT2D eigenvalue weighted by atomic mass is 9.99. The Bertz CT molecular complexity index is 1450. The predicted octanol–water partition coefficient (Wildman–Crippen LogP) is 13.6. The maximum Gasteiger partial charge on any atom is 0.397 e. The predicted molar refractivity (Wildman–Crippen MR) is 285 cm³/mol. The van der Waals surface area contributed by atoms with Gasteiger partial charge in [0.25, 0.3) is 0 Å². The highest BCUT2D eigenvalue weighted by atomic mass is 32.3. The van der Waals surface area contributed by atoms with Crippen molar-refractivity contribution in [3.05, 3.63) is 60.8 Å². The fourth-order valence-electron chi connectivity index (χ4n) is 8.47. The molecule has 0 spiro atoms. The van der Waals surface area contributed by atoms with Crippen molar-refractivity contribution >= 4 is 16.4 Å². The highest BCUT2D eigenvalue weighted by Gasteiger charge is 2.48. The third kappa shape index (κ3) is 40.3. The van der Waals surface area contributed by atoms with E-state index in [0.717, 1.165) is 83.5 Å². The summed E-state index contributed by atoms with van der Waals surface area (Å²) >= 11 is 0. The van der Waals surface area contributed by atoms with Crippen LogP contribution in [0.5, 0.6) is 0 Å². The molecule has 70 heavy (non-hydrogen) atoms. The van der Waals surface area contributed by atoms with E-state index >= 15 is 0 Å². The van der Waals surface area contributed by atoms with Crippen molar-refractivity contribution in [2.75, 3.05) is 26.4 Å². The van der Waals surface area contributed by atoms with Gasteiger partial charge in [-0.05, 0) is 57.8 Å². The second-order valence-electron chi connectivity index (χ2n) is 19.2. The molecular formula is C57H102O12S. The molecule has 4 N–H and O–H groups in total. The fourth-order valence-corrected chi connectivity index (χ4v) is 8.97. The first-order valence-corrected chi connectivity index (χ1v) is 29.4. The van der Waals surface area contributed by atoms with Gasteiger partial charge in [0.05, 0.1) is 19.8 Å². The van der Waals surface area contributed by atoms with Gasteiger partial charge in [0.1, 0.15) is 30.5 Å². The number of unbranched alkanes of at least 4 members (excludes halogenated alkanes) is 26. The summed E-state index contributed by atoms with van der Waals surface area (Å²) in [6.07, 6.45) is 52.5. The Labute approximate surface area is 427 Å². The molecule has 0 aliphatic carbocycles. The molecule has 1 fully saturated rings. The van der Waals surface area contributed by atoms with E-state index in [0.29, 0.717) is 13.0 Å². The zero-order valence-electron chi connectivity index (χ0n) is 44.1. The van der Waals surface area contributed by atoms with Crippen LogP contribution in [-0.2, 0) is 38.3 Å². The average molecular weight is 1010 g/mol. The zero-order valence-corrected chi connectivity index (χ0v) is 44.9. The topological polar surface area (TPSA) is 178 Å². The van der Waals surface area contributed by atoms with Crippen molar-refractivity contribution in [3.8, 4) is 0 Å². The summed E-state index contributed by atoms with van der Waals surface area (Å²) in [4.78, 5) is 12.9. The molecule has 0 aromatic heterocycles. The standard InChI is InChI=1S/C57H102O12S/c1-3-5-7-9-11-13-15-17-19-21-23-25-26-27-28-30-32-34-36-38-40-42-44-46-53(59)67-51(50-66-57-55(61)56(69-70(62,63)64)54(60)52(48-58)68-57)49-65-47-45-43-41-39-37-35-33-31-29-24-22-20-18-16-14-12-10-8-6-4-2/h5,7,11,13,17,19,23,25,27-28,51-52,54-58,60-61H,3-4,6,8-10,12,14-16,18,20-22,24,26,29-50H2,1-2H3,(H,62,63,64)/b7-5-,13-11-,19-17-,25-23-,28-27-. The SMILES string of the molecule is CC/C=C\C/C=C\C/C=C\C/C=C\C/C=C\CCCCCCCCCC(=O)OC(COCCCCCCCCCCCCCCCCCCCCCC)COC1OC(CO)C(O)C(OS(=O)(=O)O)C1O.